The zero-order valence-corrected chi connectivity index (χ0v) is 15.0. The number of ether oxygens (including phenoxy) is 2. The summed E-state index contributed by atoms with van der Waals surface area (Å²) in [6.07, 6.45) is 0.905. The van der Waals surface area contributed by atoms with Crippen LogP contribution in [0.5, 0.6) is 5.75 Å². The zero-order valence-electron chi connectivity index (χ0n) is 15.0. The van der Waals surface area contributed by atoms with Crippen LogP contribution in [0.2, 0.25) is 0 Å². The maximum absolute atomic E-state index is 12.3. The standard InChI is InChI=1S/C19H27N3O3/c1-3-14(2)20-19(23)17-13-15-16(21-17)5-4-6-18(15)25-12-9-22-7-10-24-11-8-22/h4-6,13-14,21H,3,7-12H2,1-2H3,(H,20,23). The summed E-state index contributed by atoms with van der Waals surface area (Å²) in [5.74, 6) is 0.731. The van der Waals surface area contributed by atoms with Gasteiger partial charge in [0.2, 0.25) is 0 Å². The molecular weight excluding hydrogens is 318 g/mol. The maximum atomic E-state index is 12.3. The average molecular weight is 345 g/mol. The number of nitrogens with one attached hydrogen (secondary N) is 2. The largest absolute Gasteiger partial charge is 0.492 e. The fraction of sp³-hybridized carbons (Fsp3) is 0.526. The van der Waals surface area contributed by atoms with Crippen LogP contribution in [0.1, 0.15) is 30.8 Å². The molecule has 3 rings (SSSR count). The van der Waals surface area contributed by atoms with E-state index in [0.717, 1.165) is 55.9 Å². The Kier molecular flexibility index (Phi) is 5.94. The zero-order chi connectivity index (χ0) is 17.6. The highest BCUT2D eigenvalue weighted by atomic mass is 16.5. The predicted molar refractivity (Wildman–Crippen MR) is 98.3 cm³/mol. The number of fused-ring (bicyclic) bond motifs is 1. The molecule has 1 aromatic heterocycles. The van der Waals surface area contributed by atoms with Crippen molar-refractivity contribution in [3.05, 3.63) is 30.0 Å². The normalized spacial score (nSPS) is 16.7. The van der Waals surface area contributed by atoms with Crippen LogP contribution in [-0.2, 0) is 4.74 Å². The highest BCUT2D eigenvalue weighted by molar-refractivity contribution is 5.99. The monoisotopic (exact) mass is 345 g/mol. The minimum Gasteiger partial charge on any atom is -0.492 e. The summed E-state index contributed by atoms with van der Waals surface area (Å²) in [6.45, 7) is 9.06. The third-order valence-electron chi connectivity index (χ3n) is 4.63. The average Bonchev–Trinajstić information content (AvgIpc) is 3.08. The Morgan fingerprint density at radius 3 is 2.96 bits per heavy atom. The lowest BCUT2D eigenvalue weighted by atomic mass is 10.2. The van der Waals surface area contributed by atoms with Crippen molar-refractivity contribution in [3.63, 3.8) is 0 Å². The van der Waals surface area contributed by atoms with Gasteiger partial charge in [0.05, 0.1) is 13.2 Å². The van der Waals surface area contributed by atoms with Crippen molar-refractivity contribution >= 4 is 16.8 Å². The van der Waals surface area contributed by atoms with Crippen molar-refractivity contribution in [2.75, 3.05) is 39.5 Å². The summed E-state index contributed by atoms with van der Waals surface area (Å²) in [5, 5.41) is 3.93. The second kappa shape index (κ2) is 8.36. The molecule has 0 radical (unpaired) electrons. The molecule has 1 amide bonds. The first kappa shape index (κ1) is 17.8. The minimum absolute atomic E-state index is 0.0789. The molecule has 1 unspecified atom stereocenters. The number of aromatic amines is 1. The molecule has 0 saturated carbocycles. The molecule has 2 aromatic rings. The van der Waals surface area contributed by atoms with Crippen molar-refractivity contribution in [3.8, 4) is 5.75 Å². The van der Waals surface area contributed by atoms with Gasteiger partial charge in [0, 0.05) is 36.6 Å². The lowest BCUT2D eigenvalue weighted by Crippen LogP contribution is -2.38. The van der Waals surface area contributed by atoms with Gasteiger partial charge in [-0.05, 0) is 31.5 Å². The second-order valence-electron chi connectivity index (χ2n) is 6.49. The maximum Gasteiger partial charge on any atom is 0.267 e. The van der Waals surface area contributed by atoms with E-state index in [-0.39, 0.29) is 11.9 Å². The van der Waals surface area contributed by atoms with Crippen LogP contribution in [0.3, 0.4) is 0 Å². The molecule has 0 spiro atoms. The Hall–Kier alpha value is -2.05. The fourth-order valence-electron chi connectivity index (χ4n) is 2.89. The summed E-state index contributed by atoms with van der Waals surface area (Å²) in [5.41, 5.74) is 1.48. The number of carbonyl (C=O) groups excluding carboxylic acids is 1. The highest BCUT2D eigenvalue weighted by Crippen LogP contribution is 2.26. The van der Waals surface area contributed by atoms with E-state index in [1.165, 1.54) is 0 Å². The summed E-state index contributed by atoms with van der Waals surface area (Å²) in [7, 11) is 0. The van der Waals surface area contributed by atoms with Crippen LogP contribution in [0.25, 0.3) is 10.9 Å². The molecule has 1 fully saturated rings. The van der Waals surface area contributed by atoms with Crippen molar-refractivity contribution in [2.45, 2.75) is 26.3 Å². The Labute approximate surface area is 148 Å². The van der Waals surface area contributed by atoms with Gasteiger partial charge < -0.3 is 19.8 Å². The van der Waals surface area contributed by atoms with Crippen LogP contribution < -0.4 is 10.1 Å². The number of hydrogen-bond donors (Lipinski definition) is 2. The third kappa shape index (κ3) is 4.52. The number of nitrogens with zero attached hydrogens (tertiary/aromatic N) is 1. The molecule has 1 aliphatic rings. The Morgan fingerprint density at radius 2 is 2.20 bits per heavy atom. The van der Waals surface area contributed by atoms with Crippen LogP contribution >= 0.6 is 0 Å². The molecule has 0 bridgehead atoms. The van der Waals surface area contributed by atoms with Crippen LogP contribution in [0.15, 0.2) is 24.3 Å². The quantitative estimate of drug-likeness (QED) is 0.809. The first-order valence-corrected chi connectivity index (χ1v) is 9.03. The van der Waals surface area contributed by atoms with Gasteiger partial charge in [-0.2, -0.15) is 0 Å². The molecule has 0 aliphatic carbocycles. The Morgan fingerprint density at radius 1 is 1.40 bits per heavy atom. The highest BCUT2D eigenvalue weighted by Gasteiger charge is 2.14. The fourth-order valence-corrected chi connectivity index (χ4v) is 2.89. The lowest BCUT2D eigenvalue weighted by Gasteiger charge is -2.26. The van der Waals surface area contributed by atoms with Gasteiger partial charge in [0.15, 0.2) is 0 Å². The molecule has 6 nitrogen and oxygen atoms in total. The SMILES string of the molecule is CCC(C)NC(=O)c1cc2c(OCCN3CCOCC3)cccc2[nH]1. The van der Waals surface area contributed by atoms with E-state index in [2.05, 4.69) is 22.1 Å². The van der Waals surface area contributed by atoms with Gasteiger partial charge >= 0.3 is 0 Å². The third-order valence-corrected chi connectivity index (χ3v) is 4.63. The molecule has 1 aliphatic heterocycles. The summed E-state index contributed by atoms with van der Waals surface area (Å²) >= 11 is 0. The molecule has 25 heavy (non-hydrogen) atoms. The van der Waals surface area contributed by atoms with Crippen molar-refractivity contribution in [1.82, 2.24) is 15.2 Å². The van der Waals surface area contributed by atoms with Crippen molar-refractivity contribution < 1.29 is 14.3 Å². The number of benzene rings is 1. The number of aromatic nitrogens is 1. The first-order valence-electron chi connectivity index (χ1n) is 9.03. The van der Waals surface area contributed by atoms with E-state index in [0.29, 0.717) is 12.3 Å². The molecule has 2 N–H and O–H groups in total. The van der Waals surface area contributed by atoms with E-state index in [1.54, 1.807) is 0 Å². The molecule has 2 heterocycles. The van der Waals surface area contributed by atoms with E-state index in [4.69, 9.17) is 9.47 Å². The Balaban J connectivity index is 1.65. The number of amides is 1. The summed E-state index contributed by atoms with van der Waals surface area (Å²) in [6, 6.07) is 7.88. The number of carbonyl (C=O) groups is 1. The van der Waals surface area contributed by atoms with Crippen LogP contribution in [0.4, 0.5) is 0 Å². The topological polar surface area (TPSA) is 66.6 Å². The number of H-pyrrole nitrogens is 1. The van der Waals surface area contributed by atoms with Crippen LogP contribution in [-0.4, -0.2) is 61.3 Å². The van der Waals surface area contributed by atoms with Gasteiger partial charge in [0.25, 0.3) is 5.91 Å². The Bertz CT molecular complexity index is 707. The summed E-state index contributed by atoms with van der Waals surface area (Å²) in [4.78, 5) is 17.8. The van der Waals surface area contributed by atoms with Gasteiger partial charge in [-0.25, -0.2) is 0 Å². The molecule has 1 saturated heterocycles. The van der Waals surface area contributed by atoms with E-state index in [9.17, 15) is 4.79 Å². The smallest absolute Gasteiger partial charge is 0.267 e. The van der Waals surface area contributed by atoms with E-state index >= 15 is 0 Å². The first-order chi connectivity index (χ1) is 12.2. The van der Waals surface area contributed by atoms with Gasteiger partial charge in [-0.3, -0.25) is 9.69 Å². The molecule has 136 valence electrons. The van der Waals surface area contributed by atoms with Crippen molar-refractivity contribution in [1.29, 1.82) is 0 Å². The number of hydrogen-bond acceptors (Lipinski definition) is 4. The lowest BCUT2D eigenvalue weighted by molar-refractivity contribution is 0.0323. The summed E-state index contributed by atoms with van der Waals surface area (Å²) < 4.78 is 11.3. The number of morpholine rings is 1. The van der Waals surface area contributed by atoms with E-state index in [1.807, 2.05) is 31.2 Å². The minimum atomic E-state index is -0.0789. The van der Waals surface area contributed by atoms with E-state index < -0.39 is 0 Å². The van der Waals surface area contributed by atoms with Gasteiger partial charge in [-0.1, -0.05) is 13.0 Å². The number of rotatable bonds is 7. The molecule has 1 aromatic carbocycles. The molecule has 1 atom stereocenters. The van der Waals surface area contributed by atoms with Crippen LogP contribution in [0, 0.1) is 0 Å². The molecule has 6 heteroatoms. The predicted octanol–water partition coefficient (Wildman–Crippen LogP) is 2.41. The van der Waals surface area contributed by atoms with Crippen molar-refractivity contribution in [2.24, 2.45) is 0 Å². The van der Waals surface area contributed by atoms with Gasteiger partial charge in [0.1, 0.15) is 18.1 Å². The molecular formula is C19H27N3O3. The second-order valence-corrected chi connectivity index (χ2v) is 6.49. The van der Waals surface area contributed by atoms with Gasteiger partial charge in [-0.15, -0.1) is 0 Å².